The molecule has 0 radical (unpaired) electrons. The Balaban J connectivity index is 1.52. The molecule has 1 amide bonds. The Morgan fingerprint density at radius 3 is 2.61 bits per heavy atom. The zero-order chi connectivity index (χ0) is 19.7. The lowest BCUT2D eigenvalue weighted by molar-refractivity contribution is -0.127. The maximum absolute atomic E-state index is 12.9. The van der Waals surface area contributed by atoms with E-state index in [0.29, 0.717) is 18.2 Å². The SMILES string of the molecule is O=C1NC(NC2CCC2)NC(N[C@@H]2C[C@H](CO)[C@@H](O)[C@H]2O)C1c1ccccn1. The molecule has 2 saturated carbocycles. The highest BCUT2D eigenvalue weighted by atomic mass is 16.3. The van der Waals surface area contributed by atoms with Gasteiger partial charge in [0, 0.05) is 30.8 Å². The van der Waals surface area contributed by atoms with Crippen LogP contribution in [-0.4, -0.2) is 69.6 Å². The number of hydrogen-bond donors (Lipinski definition) is 7. The van der Waals surface area contributed by atoms with Crippen LogP contribution in [0.15, 0.2) is 24.4 Å². The van der Waals surface area contributed by atoms with E-state index >= 15 is 0 Å². The molecule has 7 N–H and O–H groups in total. The summed E-state index contributed by atoms with van der Waals surface area (Å²) in [5, 5.41) is 43.0. The predicted molar refractivity (Wildman–Crippen MR) is 101 cm³/mol. The van der Waals surface area contributed by atoms with Crippen LogP contribution >= 0.6 is 0 Å². The Labute approximate surface area is 163 Å². The van der Waals surface area contributed by atoms with Gasteiger partial charge in [-0.1, -0.05) is 12.5 Å². The molecule has 4 rings (SSSR count). The first kappa shape index (κ1) is 19.7. The maximum Gasteiger partial charge on any atom is 0.234 e. The van der Waals surface area contributed by atoms with Gasteiger partial charge in [-0.05, 0) is 31.4 Å². The van der Waals surface area contributed by atoms with Gasteiger partial charge in [-0.15, -0.1) is 0 Å². The van der Waals surface area contributed by atoms with Crippen LogP contribution < -0.4 is 21.3 Å². The Morgan fingerprint density at radius 2 is 2.00 bits per heavy atom. The number of nitrogens with zero attached hydrogens (tertiary/aromatic N) is 1. The molecule has 3 aliphatic rings. The third kappa shape index (κ3) is 3.91. The molecule has 28 heavy (non-hydrogen) atoms. The minimum absolute atomic E-state index is 0.154. The van der Waals surface area contributed by atoms with Gasteiger partial charge in [-0.25, -0.2) is 0 Å². The normalized spacial score (nSPS) is 38.8. The Hall–Kier alpha value is -1.62. The molecule has 7 atom stereocenters. The number of carbonyl (C=O) groups excluding carboxylic acids is 1. The number of nitrogens with one attached hydrogen (secondary N) is 4. The topological polar surface area (TPSA) is 139 Å². The predicted octanol–water partition coefficient (Wildman–Crippen LogP) is -1.67. The van der Waals surface area contributed by atoms with Crippen molar-refractivity contribution >= 4 is 5.91 Å². The van der Waals surface area contributed by atoms with Gasteiger partial charge in [0.05, 0.1) is 24.1 Å². The third-order valence-corrected chi connectivity index (χ3v) is 6.19. The zero-order valence-corrected chi connectivity index (χ0v) is 15.7. The zero-order valence-electron chi connectivity index (χ0n) is 15.7. The Bertz CT molecular complexity index is 674. The highest BCUT2D eigenvalue weighted by Gasteiger charge is 2.45. The average molecular weight is 391 g/mol. The lowest BCUT2D eigenvalue weighted by Crippen LogP contribution is -2.71. The first-order chi connectivity index (χ1) is 13.6. The summed E-state index contributed by atoms with van der Waals surface area (Å²) in [4.78, 5) is 17.3. The number of aromatic nitrogens is 1. The quantitative estimate of drug-likeness (QED) is 0.306. The summed E-state index contributed by atoms with van der Waals surface area (Å²) < 4.78 is 0. The largest absolute Gasteiger partial charge is 0.396 e. The second kappa shape index (κ2) is 8.40. The summed E-state index contributed by atoms with van der Waals surface area (Å²) in [7, 11) is 0. The lowest BCUT2D eigenvalue weighted by Gasteiger charge is -2.42. The van der Waals surface area contributed by atoms with Crippen molar-refractivity contribution in [3.63, 3.8) is 0 Å². The van der Waals surface area contributed by atoms with E-state index in [0.717, 1.165) is 12.8 Å². The second-order valence-corrected chi connectivity index (χ2v) is 8.05. The minimum atomic E-state index is -1.01. The van der Waals surface area contributed by atoms with Crippen molar-refractivity contribution < 1.29 is 20.1 Å². The van der Waals surface area contributed by atoms with E-state index in [4.69, 9.17) is 0 Å². The van der Waals surface area contributed by atoms with Gasteiger partial charge in [0.2, 0.25) is 5.91 Å². The number of pyridine rings is 1. The fourth-order valence-electron chi connectivity index (χ4n) is 4.31. The molecule has 3 unspecified atom stereocenters. The second-order valence-electron chi connectivity index (χ2n) is 8.05. The molecule has 1 aromatic rings. The van der Waals surface area contributed by atoms with Crippen LogP contribution in [0.3, 0.4) is 0 Å². The molecular weight excluding hydrogens is 362 g/mol. The molecule has 9 heteroatoms. The first-order valence-electron chi connectivity index (χ1n) is 10.0. The lowest BCUT2D eigenvalue weighted by atomic mass is 9.92. The molecule has 0 aromatic carbocycles. The van der Waals surface area contributed by atoms with Crippen LogP contribution in [0.1, 0.15) is 37.3 Å². The van der Waals surface area contributed by atoms with E-state index in [1.54, 1.807) is 18.3 Å². The number of aliphatic hydroxyl groups excluding tert-OH is 3. The number of carbonyl (C=O) groups is 1. The van der Waals surface area contributed by atoms with Gasteiger partial charge in [0.25, 0.3) is 0 Å². The van der Waals surface area contributed by atoms with Gasteiger partial charge >= 0.3 is 0 Å². The molecule has 1 saturated heterocycles. The molecule has 2 heterocycles. The van der Waals surface area contributed by atoms with Gasteiger partial charge in [-0.3, -0.25) is 25.7 Å². The van der Waals surface area contributed by atoms with Crippen molar-refractivity contribution in [2.45, 2.75) is 68.3 Å². The Kier molecular flexibility index (Phi) is 5.91. The smallest absolute Gasteiger partial charge is 0.234 e. The highest BCUT2D eigenvalue weighted by Crippen LogP contribution is 2.29. The fourth-order valence-corrected chi connectivity index (χ4v) is 4.31. The summed E-state index contributed by atoms with van der Waals surface area (Å²) in [6, 6.07) is 5.37. The van der Waals surface area contributed by atoms with Gasteiger partial charge in [0.15, 0.2) is 0 Å². The molecule has 0 bridgehead atoms. The van der Waals surface area contributed by atoms with Gasteiger partial charge in [-0.2, -0.15) is 0 Å². The number of rotatable bonds is 6. The van der Waals surface area contributed by atoms with E-state index in [-0.39, 0.29) is 24.7 Å². The van der Waals surface area contributed by atoms with E-state index in [1.165, 1.54) is 6.42 Å². The van der Waals surface area contributed by atoms with Crippen molar-refractivity contribution in [2.75, 3.05) is 6.61 Å². The van der Waals surface area contributed by atoms with Crippen LogP contribution in [0.2, 0.25) is 0 Å². The summed E-state index contributed by atoms with van der Waals surface area (Å²) >= 11 is 0. The standard InChI is InChI=1S/C19H29N5O4/c25-9-10-8-13(16(27)15(10)26)22-17-14(12-6-1-2-7-20-12)18(28)24-19(23-17)21-11-4-3-5-11/h1-2,6-7,10-11,13-17,19,21-23,25-27H,3-5,8-9H2,(H,24,28)/t10-,13-,14?,15-,16+,17?,19?/m1/s1. The molecule has 3 fully saturated rings. The van der Waals surface area contributed by atoms with E-state index in [1.807, 2.05) is 6.07 Å². The monoisotopic (exact) mass is 391 g/mol. The molecular formula is C19H29N5O4. The van der Waals surface area contributed by atoms with Crippen molar-refractivity contribution in [3.05, 3.63) is 30.1 Å². The fraction of sp³-hybridized carbons (Fsp3) is 0.684. The number of aliphatic hydroxyl groups is 3. The summed E-state index contributed by atoms with van der Waals surface area (Å²) in [5.41, 5.74) is 0.624. The maximum atomic E-state index is 12.9. The molecule has 9 nitrogen and oxygen atoms in total. The Morgan fingerprint density at radius 1 is 1.18 bits per heavy atom. The van der Waals surface area contributed by atoms with Crippen LogP contribution in [0.5, 0.6) is 0 Å². The van der Waals surface area contributed by atoms with Gasteiger partial charge in [0.1, 0.15) is 12.2 Å². The van der Waals surface area contributed by atoms with Crippen LogP contribution in [-0.2, 0) is 4.79 Å². The van der Waals surface area contributed by atoms with Gasteiger partial charge < -0.3 is 20.6 Å². The summed E-state index contributed by atoms with van der Waals surface area (Å²) in [5.74, 6) is -1.13. The van der Waals surface area contributed by atoms with E-state index in [2.05, 4.69) is 26.3 Å². The average Bonchev–Trinajstić information content (AvgIpc) is 2.93. The molecule has 1 aliphatic heterocycles. The molecule has 2 aliphatic carbocycles. The minimum Gasteiger partial charge on any atom is -0.396 e. The van der Waals surface area contributed by atoms with Crippen molar-refractivity contribution in [1.29, 1.82) is 0 Å². The number of amides is 1. The highest BCUT2D eigenvalue weighted by molar-refractivity contribution is 5.85. The van der Waals surface area contributed by atoms with Crippen LogP contribution in [0, 0.1) is 5.92 Å². The molecule has 154 valence electrons. The number of hydrogen-bond acceptors (Lipinski definition) is 8. The molecule has 0 spiro atoms. The first-order valence-corrected chi connectivity index (χ1v) is 10.0. The van der Waals surface area contributed by atoms with Crippen LogP contribution in [0.4, 0.5) is 0 Å². The van der Waals surface area contributed by atoms with Crippen LogP contribution in [0.25, 0.3) is 0 Å². The van der Waals surface area contributed by atoms with E-state index in [9.17, 15) is 20.1 Å². The van der Waals surface area contributed by atoms with E-state index < -0.39 is 30.3 Å². The summed E-state index contributed by atoms with van der Waals surface area (Å²) in [6.07, 6.45) is 2.57. The van der Waals surface area contributed by atoms with Crippen molar-refractivity contribution in [2.24, 2.45) is 5.92 Å². The third-order valence-electron chi connectivity index (χ3n) is 6.19. The molecule has 1 aromatic heterocycles. The van der Waals surface area contributed by atoms with Crippen molar-refractivity contribution in [1.82, 2.24) is 26.3 Å². The summed E-state index contributed by atoms with van der Waals surface area (Å²) in [6.45, 7) is -0.190. The van der Waals surface area contributed by atoms with Crippen molar-refractivity contribution in [3.8, 4) is 0 Å².